The molecule has 0 rings (SSSR count). The first kappa shape index (κ1) is 60.0. The van der Waals surface area contributed by atoms with Gasteiger partial charge in [-0.05, 0) is 0 Å². The fourth-order valence-corrected chi connectivity index (χ4v) is 2.96. The molecule has 0 saturated carbocycles. The van der Waals surface area contributed by atoms with E-state index in [0.717, 1.165) is 9.80 Å². The van der Waals surface area contributed by atoms with Gasteiger partial charge >= 0.3 is 160 Å². The van der Waals surface area contributed by atoms with Crippen LogP contribution in [-0.2, 0) is 50.6 Å². The van der Waals surface area contributed by atoms with Crippen LogP contribution in [0.5, 0.6) is 0 Å². The number of hydrogen-bond acceptors (Lipinski definition) is 12. The van der Waals surface area contributed by atoms with E-state index in [0.29, 0.717) is 0 Å². The molecule has 240 valence electrons. The van der Waals surface area contributed by atoms with Crippen molar-refractivity contribution in [2.45, 2.75) is 0 Å². The molecule has 0 unspecified atom stereocenters. The maximum atomic E-state index is 10.6. The van der Waals surface area contributed by atoms with E-state index in [-0.39, 0.29) is 181 Å². The molecular weight excluding hydrogens is 684 g/mol. The van der Waals surface area contributed by atoms with Crippen LogP contribution in [0, 0.1) is 0 Å². The van der Waals surface area contributed by atoms with E-state index in [1.165, 1.54) is 9.80 Å². The first-order valence-electron chi connectivity index (χ1n) is 11.1. The zero-order chi connectivity index (χ0) is 30.5. The zero-order valence-corrected chi connectivity index (χ0v) is 22.4. The second-order valence-electron chi connectivity index (χ2n) is 7.89. The first-order chi connectivity index (χ1) is 18.0. The summed E-state index contributed by atoms with van der Waals surface area (Å²) in [6, 6.07) is 0. The van der Waals surface area contributed by atoms with Crippen molar-refractivity contribution < 1.29 is 91.5 Å². The van der Waals surface area contributed by atoms with Crippen molar-refractivity contribution >= 4 is 160 Å². The van der Waals surface area contributed by atoms with Gasteiger partial charge in [-0.3, -0.25) is 53.2 Å². The number of carboxylic acids is 7. The van der Waals surface area contributed by atoms with Gasteiger partial charge in [0.05, 0.1) is 52.4 Å². The average molecular weight is 722 g/mol. The fraction of sp³-hybridized carbons (Fsp3) is 0.650. The predicted octanol–water partition coefficient (Wildman–Crippen LogP) is -6.83. The second kappa shape index (κ2) is 36.4. The Kier molecular flexibility index (Phi) is 49.7. The summed E-state index contributed by atoms with van der Waals surface area (Å²) in [4.78, 5) is 78.6. The Labute approximate surface area is 351 Å². The van der Waals surface area contributed by atoms with Crippen molar-refractivity contribution in [2.24, 2.45) is 0 Å². The van der Waals surface area contributed by atoms with E-state index in [2.05, 4.69) is 0 Å². The number of rotatable bonds is 22. The molecule has 8 N–H and O–H groups in total. The molecule has 0 heterocycles. The van der Waals surface area contributed by atoms with Crippen LogP contribution in [0.4, 0.5) is 0 Å². The van der Waals surface area contributed by atoms with Crippen molar-refractivity contribution in [3.63, 3.8) is 0 Å². The Morgan fingerprint density at radius 1 is 0.341 bits per heavy atom. The van der Waals surface area contributed by atoms with Gasteiger partial charge in [-0.25, -0.2) is 0 Å². The average Bonchev–Trinajstić information content (AvgIpc) is 2.73. The van der Waals surface area contributed by atoms with Gasteiger partial charge in [-0.2, -0.15) is 0 Å². The molecular formula is C20H38FeN4Na4O15. The molecule has 0 aromatic carbocycles. The summed E-state index contributed by atoms with van der Waals surface area (Å²) < 4.78 is 0. The molecule has 0 atom stereocenters. The topological polar surface area (TPSA) is 294 Å². The summed E-state index contributed by atoms with van der Waals surface area (Å²) in [6.07, 6.45) is 0. The summed E-state index contributed by atoms with van der Waals surface area (Å²) in [5, 5.41) is 69.1. The molecule has 0 spiro atoms. The molecule has 0 aliphatic rings. The molecule has 0 saturated heterocycles. The Bertz CT molecular complexity index is 780. The molecule has 0 radical (unpaired) electrons. The van der Waals surface area contributed by atoms with E-state index in [1.54, 1.807) is 0 Å². The van der Waals surface area contributed by atoms with E-state index in [1.807, 2.05) is 0 Å². The first-order valence-corrected chi connectivity index (χ1v) is 11.1. The third-order valence-corrected chi connectivity index (χ3v) is 4.39. The molecule has 19 nitrogen and oxygen atoms in total. The van der Waals surface area contributed by atoms with Crippen LogP contribution in [0.25, 0.3) is 0 Å². The second-order valence-corrected chi connectivity index (χ2v) is 7.89. The molecule has 24 heteroatoms. The Balaban J connectivity index is -0.000000112. The standard InChI is InChI=1S/C10H16N2O8.C10H18N2O7.Fe.4Na.4H/c13-7(14)3-11(4-8(15)16)1-2-12(5-9(17)18)6-10(19)20;13-4-3-11(5-8(14)15)1-2-12(6-9(16)17)7-10(18)19;;;;;;;;;/h1-6H2,(H,13,14)(H,15,16)(H,17,18)(H,19,20);13H,1-7H2,(H,14,15)(H,16,17)(H,18,19);;;;;;;;;. The Morgan fingerprint density at radius 2 is 0.500 bits per heavy atom. The van der Waals surface area contributed by atoms with Gasteiger partial charge < -0.3 is 40.9 Å². The Hall–Kier alpha value is 0.609. The summed E-state index contributed by atoms with van der Waals surface area (Å²) >= 11 is 0. The van der Waals surface area contributed by atoms with Crippen molar-refractivity contribution in [1.29, 1.82) is 0 Å². The van der Waals surface area contributed by atoms with E-state index >= 15 is 0 Å². The quantitative estimate of drug-likeness (QED) is 0.0482. The van der Waals surface area contributed by atoms with Crippen molar-refractivity contribution in [3.05, 3.63) is 0 Å². The number of aliphatic hydroxyl groups is 1. The van der Waals surface area contributed by atoms with Gasteiger partial charge in [0.1, 0.15) is 0 Å². The van der Waals surface area contributed by atoms with Crippen molar-refractivity contribution in [1.82, 2.24) is 19.6 Å². The summed E-state index contributed by atoms with van der Waals surface area (Å²) in [6.45, 7) is -3.28. The number of aliphatic hydroxyl groups excluding tert-OH is 1. The summed E-state index contributed by atoms with van der Waals surface area (Å²) in [5.41, 5.74) is 0. The molecule has 0 aliphatic carbocycles. The molecule has 0 bridgehead atoms. The van der Waals surface area contributed by atoms with Crippen LogP contribution in [0.15, 0.2) is 0 Å². The van der Waals surface area contributed by atoms with Gasteiger partial charge in [0.25, 0.3) is 0 Å². The van der Waals surface area contributed by atoms with Crippen LogP contribution < -0.4 is 0 Å². The fourth-order valence-electron chi connectivity index (χ4n) is 2.96. The number of aliphatic carboxylic acids is 7. The molecule has 0 aromatic rings. The molecule has 0 aromatic heterocycles. The minimum absolute atomic E-state index is 0. The number of nitrogens with zero attached hydrogens (tertiary/aromatic N) is 4. The third kappa shape index (κ3) is 42.6. The summed E-state index contributed by atoms with van der Waals surface area (Å²) in [5.74, 6) is -8.30. The normalized spacial score (nSPS) is 9.57. The SMILES string of the molecule is O=C(O)CN(CCN(CC(=O)O)CC(=O)O)CC(=O)O.O=C(O)CN(CCO)CCN(CC(=O)O)CC(=O)O.[Fe].[NaH].[NaH].[NaH].[NaH]. The van der Waals surface area contributed by atoms with E-state index in [9.17, 15) is 33.6 Å². The Morgan fingerprint density at radius 3 is 0.659 bits per heavy atom. The number of carboxylic acid groups (broad SMARTS) is 7. The van der Waals surface area contributed by atoms with Crippen molar-refractivity contribution in [3.8, 4) is 0 Å². The van der Waals surface area contributed by atoms with Crippen molar-refractivity contribution in [2.75, 3.05) is 85.1 Å². The van der Waals surface area contributed by atoms with Gasteiger partial charge in [0.15, 0.2) is 0 Å². The van der Waals surface area contributed by atoms with E-state index in [4.69, 9.17) is 40.9 Å². The van der Waals surface area contributed by atoms with Crippen LogP contribution in [0.2, 0.25) is 0 Å². The van der Waals surface area contributed by atoms with E-state index < -0.39 is 81.1 Å². The maximum absolute atomic E-state index is 10.6. The van der Waals surface area contributed by atoms with Crippen LogP contribution >= 0.6 is 0 Å². The van der Waals surface area contributed by atoms with Crippen LogP contribution in [0.1, 0.15) is 0 Å². The monoisotopic (exact) mass is 722 g/mol. The number of carbonyl (C=O) groups is 7. The van der Waals surface area contributed by atoms with Gasteiger partial charge in [-0.15, -0.1) is 0 Å². The summed E-state index contributed by atoms with van der Waals surface area (Å²) in [7, 11) is 0. The van der Waals surface area contributed by atoms with Gasteiger partial charge in [0, 0.05) is 49.8 Å². The third-order valence-electron chi connectivity index (χ3n) is 4.39. The molecule has 0 fully saturated rings. The molecule has 44 heavy (non-hydrogen) atoms. The minimum atomic E-state index is -1.23. The molecule has 0 amide bonds. The number of hydrogen-bond donors (Lipinski definition) is 8. The van der Waals surface area contributed by atoms with Crippen LogP contribution in [0.3, 0.4) is 0 Å². The van der Waals surface area contributed by atoms with Crippen LogP contribution in [-0.4, -0.2) is 306 Å². The molecule has 0 aliphatic heterocycles. The zero-order valence-electron chi connectivity index (χ0n) is 21.3. The van der Waals surface area contributed by atoms with Gasteiger partial charge in [0.2, 0.25) is 0 Å². The van der Waals surface area contributed by atoms with Gasteiger partial charge in [-0.1, -0.05) is 0 Å². The predicted molar refractivity (Wildman–Crippen MR) is 155 cm³/mol.